The zero-order valence-corrected chi connectivity index (χ0v) is 24.4. The van der Waals surface area contributed by atoms with Crippen molar-refractivity contribution in [2.45, 2.75) is 11.3 Å². The number of nitrogens with zero attached hydrogens (tertiary/aromatic N) is 7. The molecule has 0 bridgehead atoms. The first-order valence-corrected chi connectivity index (χ1v) is 15.0. The van der Waals surface area contributed by atoms with Gasteiger partial charge < -0.3 is 29.0 Å². The van der Waals surface area contributed by atoms with E-state index in [1.807, 2.05) is 42.6 Å². The van der Waals surface area contributed by atoms with Gasteiger partial charge in [0.1, 0.15) is 28.7 Å². The molecule has 7 aromatic rings. The number of hydrogen-bond acceptors (Lipinski definition) is 10. The highest BCUT2D eigenvalue weighted by molar-refractivity contribution is 6.09. The number of aromatic amines is 4. The molecule has 2 atom stereocenters. The van der Waals surface area contributed by atoms with Crippen LogP contribution in [0.3, 0.4) is 0 Å². The second-order valence-electron chi connectivity index (χ2n) is 11.2. The normalized spacial score (nSPS) is 20.7. The van der Waals surface area contributed by atoms with E-state index >= 15 is 0 Å². The lowest BCUT2D eigenvalue weighted by Gasteiger charge is -2.46. The van der Waals surface area contributed by atoms with E-state index in [-0.39, 0.29) is 0 Å². The molecule has 2 aliphatic rings. The van der Waals surface area contributed by atoms with Crippen molar-refractivity contribution in [1.29, 1.82) is 0 Å². The first-order chi connectivity index (χ1) is 22.8. The molecule has 1 saturated heterocycles. The first kappa shape index (κ1) is 26.4. The zero-order valence-electron chi connectivity index (χ0n) is 24.4. The number of piperazine rings is 1. The number of oxazole rings is 2. The van der Waals surface area contributed by atoms with E-state index in [0.29, 0.717) is 34.4 Å². The third-order valence-electron chi connectivity index (χ3n) is 8.82. The third kappa shape index (κ3) is 3.86. The molecule has 5 N–H and O–H groups in total. The molecule has 46 heavy (non-hydrogen) atoms. The molecule has 1 aliphatic heterocycles. The topological polar surface area (TPSA) is 182 Å². The Morgan fingerprint density at radius 3 is 2.54 bits per heavy atom. The van der Waals surface area contributed by atoms with E-state index < -0.39 is 11.3 Å². The van der Waals surface area contributed by atoms with Crippen LogP contribution in [0, 0.1) is 0 Å². The minimum Gasteiger partial charge on any atom is -0.448 e. The Bertz CT molecular complexity index is 2100. The lowest BCUT2D eigenvalue weighted by Crippen LogP contribution is -2.47. The monoisotopic (exact) mass is 612 g/mol. The molecule has 0 amide bonds. The van der Waals surface area contributed by atoms with Crippen LogP contribution < -0.4 is 5.32 Å². The molecule has 1 aliphatic carbocycles. The van der Waals surface area contributed by atoms with Gasteiger partial charge in [0.15, 0.2) is 5.58 Å². The fourth-order valence-electron chi connectivity index (χ4n) is 7.05. The van der Waals surface area contributed by atoms with E-state index in [9.17, 15) is 0 Å². The van der Waals surface area contributed by atoms with Crippen LogP contribution in [0.5, 0.6) is 0 Å². The predicted molar refractivity (Wildman–Crippen MR) is 167 cm³/mol. The number of nitrogens with one attached hydrogen (secondary N) is 5. The highest BCUT2D eigenvalue weighted by Gasteiger charge is 2.61. The van der Waals surface area contributed by atoms with Gasteiger partial charge in [-0.15, -0.1) is 0 Å². The fourth-order valence-corrected chi connectivity index (χ4v) is 7.05. The Kier molecular flexibility index (Phi) is 6.06. The highest BCUT2D eigenvalue weighted by atomic mass is 16.4. The molecule has 14 nitrogen and oxygen atoms in total. The highest BCUT2D eigenvalue weighted by Crippen LogP contribution is 2.63. The largest absolute Gasteiger partial charge is 0.448 e. The zero-order chi connectivity index (χ0) is 30.5. The summed E-state index contributed by atoms with van der Waals surface area (Å²) in [4.78, 5) is 24.3. The van der Waals surface area contributed by atoms with Crippen molar-refractivity contribution in [3.05, 3.63) is 126 Å². The third-order valence-corrected chi connectivity index (χ3v) is 8.82. The van der Waals surface area contributed by atoms with Crippen LogP contribution >= 0.6 is 0 Å². The lowest BCUT2D eigenvalue weighted by molar-refractivity contribution is 0.302. The summed E-state index contributed by atoms with van der Waals surface area (Å²) >= 11 is 0. The van der Waals surface area contributed by atoms with Gasteiger partial charge in [0.05, 0.1) is 29.7 Å². The molecule has 0 saturated carbocycles. The number of hydrogen-bond donors (Lipinski definition) is 5. The number of benzene rings is 1. The summed E-state index contributed by atoms with van der Waals surface area (Å²) in [7, 11) is 0. The van der Waals surface area contributed by atoms with Crippen LogP contribution in [0.15, 0.2) is 100 Å². The Balaban J connectivity index is 1.53. The van der Waals surface area contributed by atoms with Gasteiger partial charge in [0, 0.05) is 73.4 Å². The predicted octanol–water partition coefficient (Wildman–Crippen LogP) is 3.72. The molecule has 1 fully saturated rings. The molecular formula is C32H28N12O2. The summed E-state index contributed by atoms with van der Waals surface area (Å²) < 4.78 is 13.1. The number of fused-ring (bicyclic) bond motifs is 1. The van der Waals surface area contributed by atoms with Gasteiger partial charge >= 0.3 is 0 Å². The average Bonchev–Trinajstić information content (AvgIpc) is 3.95. The SMILES string of the molecule is c1c[nH]c(C2=C(N3CCNCC3)C(c3cn[nH]n3)=C(c3ccn[nH]3)C(c3ncc[nH]3)(c3nc4ccccc4o3)C2c2ncco2)c1. The summed E-state index contributed by atoms with van der Waals surface area (Å²) in [6, 6.07) is 13.7. The first-order valence-electron chi connectivity index (χ1n) is 15.0. The molecule has 2 unspecified atom stereocenters. The van der Waals surface area contributed by atoms with Gasteiger partial charge in [-0.25, -0.2) is 15.0 Å². The Labute approximate surface area is 261 Å². The van der Waals surface area contributed by atoms with Crippen molar-refractivity contribution in [2.24, 2.45) is 0 Å². The summed E-state index contributed by atoms with van der Waals surface area (Å²) in [6.45, 7) is 3.13. The van der Waals surface area contributed by atoms with Gasteiger partial charge in [-0.05, 0) is 30.3 Å². The van der Waals surface area contributed by atoms with E-state index in [1.54, 1.807) is 37.2 Å². The molecule has 6 aromatic heterocycles. The molecule has 0 radical (unpaired) electrons. The molecule has 228 valence electrons. The van der Waals surface area contributed by atoms with Crippen LogP contribution in [0.25, 0.3) is 27.8 Å². The molecule has 7 heterocycles. The molecule has 9 rings (SSSR count). The maximum atomic E-state index is 6.79. The molecule has 0 spiro atoms. The van der Waals surface area contributed by atoms with Crippen molar-refractivity contribution >= 4 is 27.8 Å². The number of H-pyrrole nitrogens is 4. The number of aromatic nitrogens is 10. The van der Waals surface area contributed by atoms with Gasteiger partial charge in [-0.3, -0.25) is 5.10 Å². The van der Waals surface area contributed by atoms with Gasteiger partial charge in [0.2, 0.25) is 11.8 Å². The molecule has 14 heteroatoms. The van der Waals surface area contributed by atoms with Gasteiger partial charge in [0.25, 0.3) is 0 Å². The number of allylic oxidation sites excluding steroid dienone is 3. The number of rotatable bonds is 7. The second-order valence-corrected chi connectivity index (χ2v) is 11.2. The van der Waals surface area contributed by atoms with Gasteiger partial charge in [-0.2, -0.15) is 20.5 Å². The summed E-state index contributed by atoms with van der Waals surface area (Å²) in [5.74, 6) is 0.809. The standard InChI is InChI=1S/C32H28N12O2/c1-2-6-23-19(4-1)40-31(46-23)32(30-36-10-11-37-30)26(21-7-9-38-41-21)25(22-18-39-43-42-22)28(44-15-12-33-13-16-44)24(20-5-3-8-34-20)27(32)29-35-14-17-45-29/h1-11,14,17-18,27,33-34H,12-13,15-16H2,(H,36,37)(H,38,41)(H,39,42,43). The maximum Gasteiger partial charge on any atom is 0.215 e. The van der Waals surface area contributed by atoms with Gasteiger partial charge in [-0.1, -0.05) is 12.1 Å². The minimum absolute atomic E-state index is 0.404. The van der Waals surface area contributed by atoms with Crippen LogP contribution in [0.4, 0.5) is 0 Å². The van der Waals surface area contributed by atoms with E-state index in [4.69, 9.17) is 28.9 Å². The van der Waals surface area contributed by atoms with E-state index in [1.165, 1.54) is 0 Å². The van der Waals surface area contributed by atoms with Crippen molar-refractivity contribution in [3.8, 4) is 0 Å². The van der Waals surface area contributed by atoms with Crippen molar-refractivity contribution in [1.82, 2.24) is 60.7 Å². The Hall–Kier alpha value is -6.02. The summed E-state index contributed by atoms with van der Waals surface area (Å²) in [5, 5.41) is 23.0. The lowest BCUT2D eigenvalue weighted by atomic mass is 9.59. The Morgan fingerprint density at radius 1 is 0.891 bits per heavy atom. The fraction of sp³-hybridized carbons (Fsp3) is 0.188. The van der Waals surface area contributed by atoms with Crippen LogP contribution in [0.1, 0.15) is 40.6 Å². The second kappa shape index (κ2) is 10.6. The minimum atomic E-state index is -1.29. The maximum absolute atomic E-state index is 6.79. The summed E-state index contributed by atoms with van der Waals surface area (Å²) in [5.41, 5.74) is 5.81. The quantitative estimate of drug-likeness (QED) is 0.178. The molecular weight excluding hydrogens is 584 g/mol. The number of para-hydroxylation sites is 2. The molecule has 1 aromatic carbocycles. The number of imidazole rings is 1. The van der Waals surface area contributed by atoms with Crippen molar-refractivity contribution in [2.75, 3.05) is 26.2 Å². The smallest absolute Gasteiger partial charge is 0.215 e. The summed E-state index contributed by atoms with van der Waals surface area (Å²) in [6.07, 6.45) is 12.2. The van der Waals surface area contributed by atoms with Crippen LogP contribution in [-0.4, -0.2) is 81.6 Å². The van der Waals surface area contributed by atoms with Crippen molar-refractivity contribution < 1.29 is 8.83 Å². The Morgan fingerprint density at radius 2 is 1.83 bits per heavy atom. The van der Waals surface area contributed by atoms with Crippen LogP contribution in [-0.2, 0) is 5.41 Å². The van der Waals surface area contributed by atoms with E-state index in [0.717, 1.165) is 60.0 Å². The van der Waals surface area contributed by atoms with E-state index in [2.05, 4.69) is 46.8 Å². The average molecular weight is 613 g/mol. The van der Waals surface area contributed by atoms with Crippen molar-refractivity contribution in [3.63, 3.8) is 0 Å². The van der Waals surface area contributed by atoms with Crippen LogP contribution in [0.2, 0.25) is 0 Å².